The minimum atomic E-state index is -1.10. The van der Waals surface area contributed by atoms with E-state index in [2.05, 4.69) is 11.5 Å². The van der Waals surface area contributed by atoms with Crippen LogP contribution in [0.3, 0.4) is 0 Å². The molecule has 0 aliphatic heterocycles. The van der Waals surface area contributed by atoms with E-state index in [0.717, 1.165) is 12.1 Å². The van der Waals surface area contributed by atoms with Crippen molar-refractivity contribution in [3.63, 3.8) is 0 Å². The summed E-state index contributed by atoms with van der Waals surface area (Å²) in [5, 5.41) is 23.3. The molecule has 168 valence electrons. The number of rotatable bonds is 2. The number of carbonyl (C=O) groups is 2. The van der Waals surface area contributed by atoms with Gasteiger partial charge in [0.1, 0.15) is 0 Å². The Morgan fingerprint density at radius 2 is 1.03 bits per heavy atom. The third kappa shape index (κ3) is 12.7. The SMILES string of the molecule is O=C([O-])c1cccs1.O=C([O-])c1cccs1.[NH3+]C1CCCCC1.[NH3+]C1CCCCC1. The monoisotopic (exact) mass is 454 g/mol. The molecule has 2 aromatic rings. The molecule has 0 bridgehead atoms. The molecule has 0 saturated heterocycles. The first kappa shape index (κ1) is 26.3. The zero-order chi connectivity index (χ0) is 22.2. The van der Waals surface area contributed by atoms with E-state index in [1.165, 1.54) is 99.0 Å². The molecule has 2 saturated carbocycles. The van der Waals surface area contributed by atoms with Gasteiger partial charge in [0, 0.05) is 9.75 Å². The average molecular weight is 455 g/mol. The maximum absolute atomic E-state index is 9.96. The van der Waals surface area contributed by atoms with Crippen LogP contribution in [0.2, 0.25) is 0 Å². The number of hydrogen-bond donors (Lipinski definition) is 2. The highest BCUT2D eigenvalue weighted by molar-refractivity contribution is 7.12. The van der Waals surface area contributed by atoms with Crippen molar-refractivity contribution in [2.24, 2.45) is 0 Å². The van der Waals surface area contributed by atoms with Crippen molar-refractivity contribution in [3.8, 4) is 0 Å². The van der Waals surface area contributed by atoms with Crippen LogP contribution in [0, 0.1) is 0 Å². The number of aromatic carboxylic acids is 2. The van der Waals surface area contributed by atoms with Gasteiger partial charge in [0.05, 0.1) is 24.0 Å². The second-order valence-corrected chi connectivity index (χ2v) is 9.43. The minimum Gasteiger partial charge on any atom is -0.544 e. The van der Waals surface area contributed by atoms with E-state index in [9.17, 15) is 19.8 Å². The maximum Gasteiger partial charge on any atom is 0.0843 e. The lowest BCUT2D eigenvalue weighted by atomic mass is 9.97. The molecular formula is C22H34N2O4S2. The van der Waals surface area contributed by atoms with Crippen LogP contribution in [0.4, 0.5) is 0 Å². The summed E-state index contributed by atoms with van der Waals surface area (Å²) in [7, 11) is 0. The Balaban J connectivity index is 0.000000200. The maximum atomic E-state index is 9.96. The van der Waals surface area contributed by atoms with Gasteiger partial charge in [0.2, 0.25) is 0 Å². The molecule has 30 heavy (non-hydrogen) atoms. The predicted molar refractivity (Wildman–Crippen MR) is 117 cm³/mol. The second-order valence-electron chi connectivity index (χ2n) is 7.54. The molecule has 2 aliphatic carbocycles. The minimum absolute atomic E-state index is 0.282. The number of quaternary nitrogens is 2. The van der Waals surface area contributed by atoms with Gasteiger partial charge in [0.15, 0.2) is 0 Å². The van der Waals surface area contributed by atoms with Crippen LogP contribution >= 0.6 is 22.7 Å². The highest BCUT2D eigenvalue weighted by atomic mass is 32.1. The Kier molecular flexibility index (Phi) is 14.0. The summed E-state index contributed by atoms with van der Waals surface area (Å²) >= 11 is 2.34. The lowest BCUT2D eigenvalue weighted by Crippen LogP contribution is -2.61. The molecule has 0 amide bonds. The second kappa shape index (κ2) is 16.0. The third-order valence-electron chi connectivity index (χ3n) is 4.89. The van der Waals surface area contributed by atoms with Crippen molar-refractivity contribution >= 4 is 34.6 Å². The third-order valence-corrected chi connectivity index (χ3v) is 6.59. The summed E-state index contributed by atoms with van der Waals surface area (Å²) in [6.07, 6.45) is 14.1. The zero-order valence-corrected chi connectivity index (χ0v) is 19.2. The summed E-state index contributed by atoms with van der Waals surface area (Å²) in [5.74, 6) is -2.19. The Labute approximate surface area is 186 Å². The van der Waals surface area contributed by atoms with E-state index < -0.39 is 11.9 Å². The molecular weight excluding hydrogens is 420 g/mol. The molecule has 0 aromatic carbocycles. The summed E-state index contributed by atoms with van der Waals surface area (Å²) < 4.78 is 0. The summed E-state index contributed by atoms with van der Waals surface area (Å²) in [6.45, 7) is 0. The largest absolute Gasteiger partial charge is 0.544 e. The summed E-state index contributed by atoms with van der Waals surface area (Å²) in [4.78, 5) is 20.5. The Morgan fingerprint density at radius 1 is 0.700 bits per heavy atom. The van der Waals surface area contributed by atoms with Gasteiger partial charge in [-0.05, 0) is 74.3 Å². The number of hydrogen-bond acceptors (Lipinski definition) is 6. The van der Waals surface area contributed by atoms with Crippen molar-refractivity contribution < 1.29 is 31.3 Å². The van der Waals surface area contributed by atoms with Gasteiger partial charge in [-0.15, -0.1) is 22.7 Å². The molecule has 6 N–H and O–H groups in total. The Morgan fingerprint density at radius 3 is 1.17 bits per heavy atom. The molecule has 6 nitrogen and oxygen atoms in total. The fourth-order valence-electron chi connectivity index (χ4n) is 3.16. The van der Waals surface area contributed by atoms with Crippen LogP contribution < -0.4 is 21.7 Å². The van der Waals surface area contributed by atoms with Crippen LogP contribution in [0.5, 0.6) is 0 Å². The molecule has 2 heterocycles. The summed E-state index contributed by atoms with van der Waals surface area (Å²) in [6, 6.07) is 7.95. The average Bonchev–Trinajstić information content (AvgIpc) is 3.45. The van der Waals surface area contributed by atoms with Crippen LogP contribution in [-0.2, 0) is 0 Å². The van der Waals surface area contributed by atoms with E-state index in [0.29, 0.717) is 0 Å². The van der Waals surface area contributed by atoms with Crippen LogP contribution in [0.15, 0.2) is 35.0 Å². The molecule has 2 aromatic heterocycles. The summed E-state index contributed by atoms with van der Waals surface area (Å²) in [5.41, 5.74) is 8.00. The van der Waals surface area contributed by atoms with Crippen molar-refractivity contribution in [1.29, 1.82) is 0 Å². The standard InChI is InChI=1S/2C6H13N.2C5H4O2S/c2*7-6-4-2-1-3-5-6;2*6-5(7)4-2-1-3-8-4/h2*6H,1-5,7H2;2*1-3H,(H,6,7). The molecule has 0 radical (unpaired) electrons. The lowest BCUT2D eigenvalue weighted by Gasteiger charge is -2.12. The van der Waals surface area contributed by atoms with Gasteiger partial charge >= 0.3 is 0 Å². The number of carboxylic acid groups (broad SMARTS) is 2. The molecule has 4 rings (SSSR count). The van der Waals surface area contributed by atoms with Gasteiger partial charge in [-0.2, -0.15) is 0 Å². The first-order chi connectivity index (χ1) is 14.4. The van der Waals surface area contributed by atoms with Crippen molar-refractivity contribution in [2.75, 3.05) is 0 Å². The topological polar surface area (TPSA) is 136 Å². The smallest absolute Gasteiger partial charge is 0.0843 e. The van der Waals surface area contributed by atoms with Crippen LogP contribution in [0.25, 0.3) is 0 Å². The fourth-order valence-corrected chi connectivity index (χ4v) is 4.28. The highest BCUT2D eigenvalue weighted by Crippen LogP contribution is 2.14. The number of thiophene rings is 2. The molecule has 2 aliphatic rings. The molecule has 0 unspecified atom stereocenters. The van der Waals surface area contributed by atoms with Crippen molar-refractivity contribution in [1.82, 2.24) is 0 Å². The van der Waals surface area contributed by atoms with Gasteiger partial charge in [0.25, 0.3) is 0 Å². The van der Waals surface area contributed by atoms with Gasteiger partial charge < -0.3 is 31.3 Å². The van der Waals surface area contributed by atoms with Crippen LogP contribution in [-0.4, -0.2) is 24.0 Å². The van der Waals surface area contributed by atoms with Crippen LogP contribution in [0.1, 0.15) is 83.6 Å². The highest BCUT2D eigenvalue weighted by Gasteiger charge is 2.10. The van der Waals surface area contributed by atoms with E-state index >= 15 is 0 Å². The Hall–Kier alpha value is -1.74. The van der Waals surface area contributed by atoms with Gasteiger partial charge in [-0.25, -0.2) is 0 Å². The quantitative estimate of drug-likeness (QED) is 0.708. The van der Waals surface area contributed by atoms with E-state index in [-0.39, 0.29) is 9.75 Å². The number of carbonyl (C=O) groups excluding carboxylic acids is 2. The molecule has 0 spiro atoms. The predicted octanol–water partition coefficient (Wildman–Crippen LogP) is 1.35. The van der Waals surface area contributed by atoms with Crippen molar-refractivity contribution in [2.45, 2.75) is 76.3 Å². The molecule has 2 fully saturated rings. The van der Waals surface area contributed by atoms with E-state index in [4.69, 9.17) is 0 Å². The normalized spacial score (nSPS) is 16.6. The first-order valence-electron chi connectivity index (χ1n) is 10.6. The zero-order valence-electron chi connectivity index (χ0n) is 17.6. The fraction of sp³-hybridized carbons (Fsp3) is 0.545. The van der Waals surface area contributed by atoms with Crippen molar-refractivity contribution in [3.05, 3.63) is 44.8 Å². The molecule has 0 atom stereocenters. The first-order valence-corrected chi connectivity index (χ1v) is 12.3. The van der Waals surface area contributed by atoms with E-state index in [1.54, 1.807) is 22.9 Å². The Bertz CT molecular complexity index is 618. The van der Waals surface area contributed by atoms with Gasteiger partial charge in [-0.1, -0.05) is 25.0 Å². The van der Waals surface area contributed by atoms with Gasteiger partial charge in [-0.3, -0.25) is 0 Å². The van der Waals surface area contributed by atoms with E-state index in [1.807, 2.05) is 0 Å². The molecule has 8 heteroatoms. The number of carboxylic acids is 2. The lowest BCUT2D eigenvalue weighted by molar-refractivity contribution is -0.425.